The third-order valence-corrected chi connectivity index (χ3v) is 6.94. The lowest BCUT2D eigenvalue weighted by Crippen LogP contribution is -2.29. The largest absolute Gasteiger partial charge is 0.465 e. The van der Waals surface area contributed by atoms with Gasteiger partial charge in [-0.25, -0.2) is 26.0 Å². The fraction of sp³-hybridized carbons (Fsp3) is 0.222. The van der Waals surface area contributed by atoms with Crippen molar-refractivity contribution in [3.63, 3.8) is 0 Å². The van der Waals surface area contributed by atoms with E-state index in [0.717, 1.165) is 37.8 Å². The van der Waals surface area contributed by atoms with Gasteiger partial charge in [0.1, 0.15) is 16.5 Å². The lowest BCUT2D eigenvalue weighted by Gasteiger charge is -2.12. The SMILES string of the molecule is COC(=O)c1ccc(F)c(S(=O)(=O)Nc2cccc(S(=O)(=O)NC3=NCCC3)c2)c1. The summed E-state index contributed by atoms with van der Waals surface area (Å²) in [5, 5.41) is 0. The van der Waals surface area contributed by atoms with Crippen molar-refractivity contribution in [2.24, 2.45) is 4.99 Å². The molecule has 0 saturated heterocycles. The number of methoxy groups -OCH3 is 1. The van der Waals surface area contributed by atoms with Gasteiger partial charge in [0.25, 0.3) is 20.0 Å². The number of hydrogen-bond donors (Lipinski definition) is 2. The number of anilines is 1. The number of benzene rings is 2. The van der Waals surface area contributed by atoms with Crippen LogP contribution in [-0.2, 0) is 24.8 Å². The molecule has 0 unspecified atom stereocenters. The number of ether oxygens (including phenoxy) is 1. The topological polar surface area (TPSA) is 131 Å². The van der Waals surface area contributed by atoms with Gasteiger partial charge in [0, 0.05) is 13.0 Å². The van der Waals surface area contributed by atoms with Gasteiger partial charge in [-0.1, -0.05) is 6.07 Å². The molecule has 1 aliphatic rings. The zero-order valence-corrected chi connectivity index (χ0v) is 17.4. The molecule has 0 amide bonds. The Morgan fingerprint density at radius 3 is 2.50 bits per heavy atom. The van der Waals surface area contributed by atoms with E-state index in [1.54, 1.807) is 0 Å². The van der Waals surface area contributed by atoms with Crippen molar-refractivity contribution in [3.05, 3.63) is 53.8 Å². The molecule has 2 aromatic rings. The number of carbonyl (C=O) groups excluding carboxylic acids is 1. The van der Waals surface area contributed by atoms with Crippen LogP contribution in [0.3, 0.4) is 0 Å². The first-order valence-corrected chi connectivity index (χ1v) is 11.7. The number of aliphatic imine (C=N–C) groups is 1. The molecule has 2 aromatic carbocycles. The van der Waals surface area contributed by atoms with Crippen LogP contribution in [-0.4, -0.2) is 42.3 Å². The molecule has 0 spiro atoms. The van der Waals surface area contributed by atoms with E-state index >= 15 is 0 Å². The van der Waals surface area contributed by atoms with E-state index in [9.17, 15) is 26.0 Å². The van der Waals surface area contributed by atoms with Crippen molar-refractivity contribution in [2.45, 2.75) is 22.6 Å². The Labute approximate surface area is 173 Å². The molecule has 0 fully saturated rings. The highest BCUT2D eigenvalue weighted by Gasteiger charge is 2.23. The highest BCUT2D eigenvalue weighted by Crippen LogP contribution is 2.23. The van der Waals surface area contributed by atoms with Gasteiger partial charge in [-0.3, -0.25) is 14.4 Å². The normalized spacial score (nSPS) is 14.1. The van der Waals surface area contributed by atoms with E-state index in [1.165, 1.54) is 18.2 Å². The Bertz CT molecular complexity index is 1230. The van der Waals surface area contributed by atoms with Crippen molar-refractivity contribution in [1.29, 1.82) is 0 Å². The summed E-state index contributed by atoms with van der Waals surface area (Å²) in [6.07, 6.45) is 1.25. The van der Waals surface area contributed by atoms with E-state index in [1.807, 2.05) is 0 Å². The summed E-state index contributed by atoms with van der Waals surface area (Å²) >= 11 is 0. The molecule has 3 rings (SSSR count). The number of nitrogens with one attached hydrogen (secondary N) is 2. The molecule has 30 heavy (non-hydrogen) atoms. The molecule has 2 N–H and O–H groups in total. The summed E-state index contributed by atoms with van der Waals surface area (Å²) < 4.78 is 73.4. The maximum atomic E-state index is 14.1. The first kappa shape index (κ1) is 21.7. The molecule has 160 valence electrons. The van der Waals surface area contributed by atoms with E-state index in [0.29, 0.717) is 18.8 Å². The summed E-state index contributed by atoms with van der Waals surface area (Å²) in [6, 6.07) is 7.78. The number of esters is 1. The fourth-order valence-electron chi connectivity index (χ4n) is 2.73. The predicted molar refractivity (Wildman–Crippen MR) is 107 cm³/mol. The lowest BCUT2D eigenvalue weighted by atomic mass is 10.2. The Kier molecular flexibility index (Phi) is 6.08. The van der Waals surface area contributed by atoms with Gasteiger partial charge in [0.15, 0.2) is 0 Å². The second kappa shape index (κ2) is 8.40. The number of halogens is 1. The highest BCUT2D eigenvalue weighted by atomic mass is 32.2. The van der Waals surface area contributed by atoms with Gasteiger partial charge in [-0.05, 0) is 42.8 Å². The Hall–Kier alpha value is -2.99. The van der Waals surface area contributed by atoms with Crippen LogP contribution in [0.2, 0.25) is 0 Å². The molecule has 0 aromatic heterocycles. The summed E-state index contributed by atoms with van der Waals surface area (Å²) in [5.74, 6) is -1.58. The summed E-state index contributed by atoms with van der Waals surface area (Å²) in [5.41, 5.74) is -0.258. The van der Waals surface area contributed by atoms with Crippen molar-refractivity contribution in [2.75, 3.05) is 18.4 Å². The van der Waals surface area contributed by atoms with Crippen LogP contribution in [0, 0.1) is 5.82 Å². The first-order chi connectivity index (χ1) is 14.1. The third-order valence-electron chi connectivity index (χ3n) is 4.16. The average molecular weight is 455 g/mol. The maximum Gasteiger partial charge on any atom is 0.337 e. The van der Waals surface area contributed by atoms with Crippen LogP contribution >= 0.6 is 0 Å². The molecule has 1 heterocycles. The fourth-order valence-corrected chi connectivity index (χ4v) is 5.02. The molecule has 0 aliphatic carbocycles. The van der Waals surface area contributed by atoms with Crippen LogP contribution in [0.15, 0.2) is 57.2 Å². The highest BCUT2D eigenvalue weighted by molar-refractivity contribution is 7.92. The summed E-state index contributed by atoms with van der Waals surface area (Å²) in [7, 11) is -7.33. The predicted octanol–water partition coefficient (Wildman–Crippen LogP) is 1.88. The maximum absolute atomic E-state index is 14.1. The monoisotopic (exact) mass is 455 g/mol. The van der Waals surface area contributed by atoms with E-state index in [-0.39, 0.29) is 16.1 Å². The molecule has 0 bridgehead atoms. The number of carbonyl (C=O) groups is 1. The van der Waals surface area contributed by atoms with Crippen molar-refractivity contribution < 1.29 is 30.8 Å². The van der Waals surface area contributed by atoms with Crippen molar-refractivity contribution in [3.8, 4) is 0 Å². The molecular weight excluding hydrogens is 437 g/mol. The number of hydrogen-bond acceptors (Lipinski definition) is 7. The molecule has 1 aliphatic heterocycles. The minimum absolute atomic E-state index is 0.103. The zero-order chi connectivity index (χ0) is 21.9. The molecule has 0 radical (unpaired) electrons. The summed E-state index contributed by atoms with van der Waals surface area (Å²) in [4.78, 5) is 14.7. The molecule has 0 saturated carbocycles. The minimum Gasteiger partial charge on any atom is -0.465 e. The Balaban J connectivity index is 1.89. The molecular formula is C18H18FN3O6S2. The quantitative estimate of drug-likeness (QED) is 0.640. The minimum atomic E-state index is -4.46. The second-order valence-corrected chi connectivity index (χ2v) is 9.64. The van der Waals surface area contributed by atoms with Crippen LogP contribution in [0.5, 0.6) is 0 Å². The van der Waals surface area contributed by atoms with Gasteiger partial charge >= 0.3 is 5.97 Å². The molecule has 9 nitrogen and oxygen atoms in total. The van der Waals surface area contributed by atoms with Crippen LogP contribution in [0.4, 0.5) is 10.1 Å². The zero-order valence-electron chi connectivity index (χ0n) is 15.8. The number of amidine groups is 1. The van der Waals surface area contributed by atoms with Crippen LogP contribution < -0.4 is 9.44 Å². The lowest BCUT2D eigenvalue weighted by molar-refractivity contribution is 0.0600. The average Bonchev–Trinajstić information content (AvgIpc) is 3.19. The van der Waals surface area contributed by atoms with E-state index in [2.05, 4.69) is 19.2 Å². The van der Waals surface area contributed by atoms with Gasteiger partial charge in [0.05, 0.1) is 23.3 Å². The second-order valence-electron chi connectivity index (χ2n) is 6.31. The number of sulfonamides is 2. The van der Waals surface area contributed by atoms with E-state index in [4.69, 9.17) is 0 Å². The third kappa shape index (κ3) is 4.76. The van der Waals surface area contributed by atoms with Gasteiger partial charge in [-0.15, -0.1) is 0 Å². The first-order valence-electron chi connectivity index (χ1n) is 8.69. The molecule has 12 heteroatoms. The molecule has 0 atom stereocenters. The van der Waals surface area contributed by atoms with Crippen LogP contribution in [0.25, 0.3) is 0 Å². The van der Waals surface area contributed by atoms with Crippen molar-refractivity contribution >= 4 is 37.5 Å². The standard InChI is InChI=1S/C18H18FN3O6S2/c1-28-18(23)12-7-8-15(19)16(10-12)30(26,27)21-13-4-2-5-14(11-13)29(24,25)22-17-6-3-9-20-17/h2,4-5,7-8,10-11,21H,3,6,9H2,1H3,(H,20,22). The number of rotatable bonds is 6. The number of nitrogens with zero attached hydrogens (tertiary/aromatic N) is 1. The Morgan fingerprint density at radius 1 is 1.07 bits per heavy atom. The van der Waals surface area contributed by atoms with Gasteiger partial charge in [0.2, 0.25) is 0 Å². The van der Waals surface area contributed by atoms with Gasteiger partial charge in [-0.2, -0.15) is 0 Å². The Morgan fingerprint density at radius 2 is 1.83 bits per heavy atom. The van der Waals surface area contributed by atoms with Crippen LogP contribution in [0.1, 0.15) is 23.2 Å². The van der Waals surface area contributed by atoms with Crippen molar-refractivity contribution in [1.82, 2.24) is 4.72 Å². The van der Waals surface area contributed by atoms with Gasteiger partial charge < -0.3 is 4.74 Å². The summed E-state index contributed by atoms with van der Waals surface area (Å²) in [6.45, 7) is 0.536. The van der Waals surface area contributed by atoms with E-state index < -0.39 is 36.7 Å². The smallest absolute Gasteiger partial charge is 0.337 e.